The number of carbonyl (C=O) groups excluding carboxylic acids is 1. The van der Waals surface area contributed by atoms with Crippen LogP contribution in [0.2, 0.25) is 0 Å². The number of nitrogens with one attached hydrogen (secondary N) is 1. The number of amides is 1. The third kappa shape index (κ3) is 3.58. The molecule has 1 heterocycles. The maximum atomic E-state index is 12.9. The zero-order chi connectivity index (χ0) is 15.2. The molecule has 0 bridgehead atoms. The van der Waals surface area contributed by atoms with E-state index in [1.54, 1.807) is 0 Å². The lowest BCUT2D eigenvalue weighted by atomic mass is 9.98. The first-order valence-corrected chi connectivity index (χ1v) is 8.36. The predicted molar refractivity (Wildman–Crippen MR) is 88.9 cm³/mol. The fraction of sp³-hybridized carbons (Fsp3) is 0.611. The van der Waals surface area contributed by atoms with Crippen LogP contribution in [-0.2, 0) is 6.42 Å². The summed E-state index contributed by atoms with van der Waals surface area (Å²) in [5, 5.41) is 3.42. The van der Waals surface area contributed by atoms with Crippen molar-refractivity contribution in [3.63, 3.8) is 0 Å². The second-order valence-electron chi connectivity index (χ2n) is 5.90. The van der Waals surface area contributed by atoms with E-state index in [0.717, 1.165) is 56.6 Å². The van der Waals surface area contributed by atoms with Gasteiger partial charge in [-0.2, -0.15) is 0 Å². The third-order valence-electron chi connectivity index (χ3n) is 4.61. The lowest BCUT2D eigenvalue weighted by molar-refractivity contribution is 0.0735. The van der Waals surface area contributed by atoms with E-state index >= 15 is 0 Å². The molecule has 116 valence electrons. The summed E-state index contributed by atoms with van der Waals surface area (Å²) >= 11 is 0. The minimum absolute atomic E-state index is 0.177. The van der Waals surface area contributed by atoms with Crippen molar-refractivity contribution in [2.75, 3.05) is 25.0 Å². The highest BCUT2D eigenvalue weighted by Gasteiger charge is 2.22. The Labute approximate surface area is 128 Å². The van der Waals surface area contributed by atoms with Crippen LogP contribution in [0.5, 0.6) is 0 Å². The van der Waals surface area contributed by atoms with Crippen LogP contribution in [0.1, 0.15) is 56.0 Å². The van der Waals surface area contributed by atoms with Crippen molar-refractivity contribution in [1.82, 2.24) is 4.90 Å². The smallest absolute Gasteiger partial charge is 0.255 e. The molecule has 0 spiro atoms. The van der Waals surface area contributed by atoms with Gasteiger partial charge in [0, 0.05) is 19.6 Å². The van der Waals surface area contributed by atoms with Gasteiger partial charge in [0.1, 0.15) is 0 Å². The maximum Gasteiger partial charge on any atom is 0.255 e. The third-order valence-corrected chi connectivity index (χ3v) is 4.61. The summed E-state index contributed by atoms with van der Waals surface area (Å²) in [7, 11) is 0. The Morgan fingerprint density at radius 2 is 2.05 bits per heavy atom. The monoisotopic (exact) mass is 288 g/mol. The molecule has 0 aromatic heterocycles. The van der Waals surface area contributed by atoms with Crippen molar-refractivity contribution in [3.05, 3.63) is 29.3 Å². The molecule has 1 aliphatic rings. The highest BCUT2D eigenvalue weighted by molar-refractivity contribution is 6.00. The van der Waals surface area contributed by atoms with Gasteiger partial charge in [-0.3, -0.25) is 4.79 Å². The lowest BCUT2D eigenvalue weighted by Gasteiger charge is -2.28. The first-order chi connectivity index (χ1) is 10.2. The van der Waals surface area contributed by atoms with Gasteiger partial charge in [0.25, 0.3) is 5.91 Å². The molecule has 0 fully saturated rings. The Bertz CT molecular complexity index is 480. The molecule has 0 atom stereocenters. The summed E-state index contributed by atoms with van der Waals surface area (Å²) in [4.78, 5) is 14.9. The quantitative estimate of drug-likeness (QED) is 0.860. The predicted octanol–water partition coefficient (Wildman–Crippen LogP) is 3.94. The molecule has 1 aliphatic heterocycles. The van der Waals surface area contributed by atoms with E-state index < -0.39 is 0 Å². The van der Waals surface area contributed by atoms with Gasteiger partial charge < -0.3 is 10.2 Å². The summed E-state index contributed by atoms with van der Waals surface area (Å²) in [5.74, 6) is 0.775. The number of para-hydroxylation sites is 1. The zero-order valence-corrected chi connectivity index (χ0v) is 13.6. The van der Waals surface area contributed by atoms with Crippen LogP contribution in [0.25, 0.3) is 0 Å². The molecular formula is C18H28N2O. The van der Waals surface area contributed by atoms with E-state index in [4.69, 9.17) is 0 Å². The molecule has 1 amide bonds. The second kappa shape index (κ2) is 7.48. The summed E-state index contributed by atoms with van der Waals surface area (Å²) in [6, 6.07) is 6.12. The van der Waals surface area contributed by atoms with Gasteiger partial charge in [-0.25, -0.2) is 0 Å². The molecule has 0 unspecified atom stereocenters. The minimum atomic E-state index is 0.177. The van der Waals surface area contributed by atoms with E-state index in [9.17, 15) is 4.79 Å². The van der Waals surface area contributed by atoms with E-state index in [1.165, 1.54) is 5.56 Å². The SMILES string of the molecule is CCC(CC)CN(CC)C(=O)c1cccc2c1NCCC2. The number of rotatable bonds is 6. The van der Waals surface area contributed by atoms with E-state index in [-0.39, 0.29) is 5.91 Å². The largest absolute Gasteiger partial charge is 0.384 e. The van der Waals surface area contributed by atoms with Crippen molar-refractivity contribution in [3.8, 4) is 0 Å². The van der Waals surface area contributed by atoms with Gasteiger partial charge in [-0.05, 0) is 37.3 Å². The van der Waals surface area contributed by atoms with Crippen molar-refractivity contribution >= 4 is 11.6 Å². The number of anilines is 1. The average molecular weight is 288 g/mol. The van der Waals surface area contributed by atoms with Crippen LogP contribution in [0.15, 0.2) is 18.2 Å². The molecule has 2 rings (SSSR count). The van der Waals surface area contributed by atoms with Gasteiger partial charge in [0.15, 0.2) is 0 Å². The van der Waals surface area contributed by atoms with Crippen LogP contribution >= 0.6 is 0 Å². The molecule has 0 radical (unpaired) electrons. The maximum absolute atomic E-state index is 12.9. The lowest BCUT2D eigenvalue weighted by Crippen LogP contribution is -2.35. The molecule has 21 heavy (non-hydrogen) atoms. The average Bonchev–Trinajstić information content (AvgIpc) is 2.55. The van der Waals surface area contributed by atoms with Crippen molar-refractivity contribution in [1.29, 1.82) is 0 Å². The molecule has 0 aliphatic carbocycles. The fourth-order valence-corrected chi connectivity index (χ4v) is 3.07. The fourth-order valence-electron chi connectivity index (χ4n) is 3.07. The molecule has 1 N–H and O–H groups in total. The van der Waals surface area contributed by atoms with E-state index in [1.807, 2.05) is 17.0 Å². The van der Waals surface area contributed by atoms with Crippen LogP contribution in [-0.4, -0.2) is 30.4 Å². The summed E-state index contributed by atoms with van der Waals surface area (Å²) in [6.45, 7) is 9.10. The first-order valence-electron chi connectivity index (χ1n) is 8.36. The van der Waals surface area contributed by atoms with E-state index in [2.05, 4.69) is 32.2 Å². The number of aryl methyl sites for hydroxylation is 1. The van der Waals surface area contributed by atoms with Crippen molar-refractivity contribution < 1.29 is 4.79 Å². The topological polar surface area (TPSA) is 32.3 Å². The standard InChI is InChI=1S/C18H28N2O/c1-4-14(5-2)13-20(6-3)18(21)16-11-7-9-15-10-8-12-19-17(15)16/h7,9,11,14,19H,4-6,8,10,12-13H2,1-3H3. The van der Waals surface area contributed by atoms with Crippen LogP contribution in [0.4, 0.5) is 5.69 Å². The molecule has 3 heteroatoms. The Kier molecular flexibility index (Phi) is 5.66. The minimum Gasteiger partial charge on any atom is -0.384 e. The number of hydrogen-bond donors (Lipinski definition) is 1. The van der Waals surface area contributed by atoms with Gasteiger partial charge in [0.2, 0.25) is 0 Å². The van der Waals surface area contributed by atoms with Crippen LogP contribution in [0, 0.1) is 5.92 Å². The van der Waals surface area contributed by atoms with Crippen LogP contribution < -0.4 is 5.32 Å². The summed E-state index contributed by atoms with van der Waals surface area (Å²) < 4.78 is 0. The molecule has 0 saturated heterocycles. The molecular weight excluding hydrogens is 260 g/mol. The first kappa shape index (κ1) is 15.9. The Morgan fingerprint density at radius 3 is 2.71 bits per heavy atom. The Morgan fingerprint density at radius 1 is 1.29 bits per heavy atom. The van der Waals surface area contributed by atoms with Gasteiger partial charge in [-0.1, -0.05) is 38.8 Å². The Balaban J connectivity index is 2.21. The Hall–Kier alpha value is -1.51. The molecule has 1 aromatic carbocycles. The zero-order valence-electron chi connectivity index (χ0n) is 13.6. The van der Waals surface area contributed by atoms with E-state index in [0.29, 0.717) is 5.92 Å². The second-order valence-corrected chi connectivity index (χ2v) is 5.90. The highest BCUT2D eigenvalue weighted by Crippen LogP contribution is 2.27. The number of benzene rings is 1. The number of hydrogen-bond acceptors (Lipinski definition) is 2. The summed E-state index contributed by atoms with van der Waals surface area (Å²) in [6.07, 6.45) is 4.48. The summed E-state index contributed by atoms with van der Waals surface area (Å²) in [5.41, 5.74) is 3.20. The molecule has 3 nitrogen and oxygen atoms in total. The van der Waals surface area contributed by atoms with Crippen molar-refractivity contribution in [2.45, 2.75) is 46.5 Å². The highest BCUT2D eigenvalue weighted by atomic mass is 16.2. The van der Waals surface area contributed by atoms with Gasteiger partial charge in [-0.15, -0.1) is 0 Å². The molecule has 0 saturated carbocycles. The van der Waals surface area contributed by atoms with Crippen LogP contribution in [0.3, 0.4) is 0 Å². The van der Waals surface area contributed by atoms with Crippen molar-refractivity contribution in [2.24, 2.45) is 5.92 Å². The number of carbonyl (C=O) groups is 1. The van der Waals surface area contributed by atoms with Gasteiger partial charge in [0.05, 0.1) is 11.3 Å². The number of fused-ring (bicyclic) bond motifs is 1. The van der Waals surface area contributed by atoms with Gasteiger partial charge >= 0.3 is 0 Å². The number of nitrogens with zero attached hydrogens (tertiary/aromatic N) is 1. The molecule has 1 aromatic rings. The normalized spacial score (nSPS) is 13.7.